The van der Waals surface area contributed by atoms with Crippen LogP contribution in [0, 0.1) is 25.2 Å². The summed E-state index contributed by atoms with van der Waals surface area (Å²) < 4.78 is 0. The Hall–Kier alpha value is -2.84. The van der Waals surface area contributed by atoms with Gasteiger partial charge in [0.1, 0.15) is 5.82 Å². The Labute approximate surface area is 170 Å². The van der Waals surface area contributed by atoms with Gasteiger partial charge in [0.05, 0.1) is 23.4 Å². The van der Waals surface area contributed by atoms with Gasteiger partial charge < -0.3 is 9.88 Å². The van der Waals surface area contributed by atoms with Gasteiger partial charge in [-0.3, -0.25) is 4.79 Å². The third-order valence-corrected chi connectivity index (χ3v) is 5.44. The molecule has 1 atom stereocenters. The zero-order chi connectivity index (χ0) is 20.4. The summed E-state index contributed by atoms with van der Waals surface area (Å²) >= 11 is 6.30. The van der Waals surface area contributed by atoms with Crippen LogP contribution in [0.3, 0.4) is 0 Å². The third-order valence-electron chi connectivity index (χ3n) is 5.11. The van der Waals surface area contributed by atoms with Crippen LogP contribution in [-0.4, -0.2) is 33.4 Å². The van der Waals surface area contributed by atoms with Gasteiger partial charge in [0.15, 0.2) is 0 Å². The minimum absolute atomic E-state index is 0.0653. The molecule has 5 nitrogen and oxygen atoms in total. The molecule has 2 heterocycles. The van der Waals surface area contributed by atoms with E-state index >= 15 is 0 Å². The second kappa shape index (κ2) is 8.04. The number of halogens is 1. The highest BCUT2D eigenvalue weighted by molar-refractivity contribution is 6.31. The molecule has 0 radical (unpaired) electrons. The molecule has 0 aliphatic carbocycles. The van der Waals surface area contributed by atoms with Gasteiger partial charge in [-0.25, -0.2) is 4.98 Å². The Kier molecular flexibility index (Phi) is 5.71. The first-order valence-electron chi connectivity index (χ1n) is 9.26. The zero-order valence-corrected chi connectivity index (χ0v) is 17.3. The summed E-state index contributed by atoms with van der Waals surface area (Å²) in [6, 6.07) is 7.15. The lowest BCUT2D eigenvalue weighted by Crippen LogP contribution is -2.39. The molecule has 28 heavy (non-hydrogen) atoms. The standard InChI is InChI=1S/C22H23ClN4O/c1-5-18(23)11-19-14(3)27(9-8-20-21(19)26-15(4)25-20)22(28)16-6-7-17(12-24)13(2)10-16/h5-7,10-11,14H,8-9H2,1-4H3,(H,25,26)/b18-5+,19-11+. The van der Waals surface area contributed by atoms with Crippen LogP contribution in [0.15, 0.2) is 35.4 Å². The number of imidazole rings is 1. The second-order valence-corrected chi connectivity index (χ2v) is 7.43. The van der Waals surface area contributed by atoms with Crippen molar-refractivity contribution < 1.29 is 4.79 Å². The van der Waals surface area contributed by atoms with E-state index in [1.165, 1.54) is 0 Å². The number of fused-ring (bicyclic) bond motifs is 1. The van der Waals surface area contributed by atoms with Crippen molar-refractivity contribution in [3.8, 4) is 6.07 Å². The van der Waals surface area contributed by atoms with Gasteiger partial charge in [0, 0.05) is 34.8 Å². The first kappa shape index (κ1) is 19.9. The molecule has 0 saturated heterocycles. The average molecular weight is 395 g/mol. The fourth-order valence-electron chi connectivity index (χ4n) is 3.54. The van der Waals surface area contributed by atoms with Gasteiger partial charge >= 0.3 is 0 Å². The second-order valence-electron chi connectivity index (χ2n) is 6.99. The normalized spacial score (nSPS) is 18.6. The summed E-state index contributed by atoms with van der Waals surface area (Å²) in [6.45, 7) is 8.21. The fourth-order valence-corrected chi connectivity index (χ4v) is 3.66. The number of carbonyl (C=O) groups is 1. The summed E-state index contributed by atoms with van der Waals surface area (Å²) in [5.41, 5.74) is 4.76. The number of nitrogens with zero attached hydrogens (tertiary/aromatic N) is 3. The minimum atomic E-state index is -0.193. The number of benzene rings is 1. The maximum atomic E-state index is 13.3. The van der Waals surface area contributed by atoms with Crippen LogP contribution in [0.5, 0.6) is 0 Å². The van der Waals surface area contributed by atoms with Crippen LogP contribution in [0.1, 0.15) is 52.5 Å². The van der Waals surface area contributed by atoms with Crippen LogP contribution in [0.4, 0.5) is 0 Å². The Morgan fingerprint density at radius 1 is 1.43 bits per heavy atom. The van der Waals surface area contributed by atoms with E-state index in [0.29, 0.717) is 29.1 Å². The number of hydrogen-bond donors (Lipinski definition) is 1. The third kappa shape index (κ3) is 3.74. The molecule has 0 saturated carbocycles. The predicted octanol–water partition coefficient (Wildman–Crippen LogP) is 4.51. The summed E-state index contributed by atoms with van der Waals surface area (Å²) in [7, 11) is 0. The van der Waals surface area contributed by atoms with Gasteiger partial charge in [-0.1, -0.05) is 17.7 Å². The number of nitriles is 1. The van der Waals surface area contributed by atoms with E-state index in [1.54, 1.807) is 18.2 Å². The van der Waals surface area contributed by atoms with Crippen LogP contribution < -0.4 is 0 Å². The minimum Gasteiger partial charge on any atom is -0.346 e. The molecule has 1 aliphatic rings. The van der Waals surface area contributed by atoms with Crippen molar-refractivity contribution in [1.29, 1.82) is 5.26 Å². The van der Waals surface area contributed by atoms with E-state index in [9.17, 15) is 4.79 Å². The monoisotopic (exact) mass is 394 g/mol. The summed E-state index contributed by atoms with van der Waals surface area (Å²) in [5.74, 6) is 0.784. The predicted molar refractivity (Wildman–Crippen MR) is 111 cm³/mol. The number of nitrogens with one attached hydrogen (secondary N) is 1. The number of aryl methyl sites for hydroxylation is 2. The number of rotatable bonds is 2. The molecule has 1 aromatic carbocycles. The average Bonchev–Trinajstić information content (AvgIpc) is 3.00. The summed E-state index contributed by atoms with van der Waals surface area (Å²) in [5, 5.41) is 9.74. The Morgan fingerprint density at radius 2 is 2.18 bits per heavy atom. The van der Waals surface area contributed by atoms with Crippen molar-refractivity contribution in [3.63, 3.8) is 0 Å². The molecule has 3 rings (SSSR count). The lowest BCUT2D eigenvalue weighted by molar-refractivity contribution is 0.0734. The first-order chi connectivity index (χ1) is 13.3. The van der Waals surface area contributed by atoms with Crippen LogP contribution >= 0.6 is 11.6 Å². The van der Waals surface area contributed by atoms with Crippen molar-refractivity contribution in [2.45, 2.75) is 40.2 Å². The number of allylic oxidation sites excluding steroid dienone is 3. The number of aromatic nitrogens is 2. The van der Waals surface area contributed by atoms with Crippen LogP contribution in [0.25, 0.3) is 5.57 Å². The number of hydrogen-bond acceptors (Lipinski definition) is 3. The van der Waals surface area contributed by atoms with Crippen molar-refractivity contribution >= 4 is 23.1 Å². The van der Waals surface area contributed by atoms with Gasteiger partial charge in [-0.15, -0.1) is 0 Å². The van der Waals surface area contributed by atoms with Crippen molar-refractivity contribution in [2.75, 3.05) is 6.54 Å². The SMILES string of the molecule is C/C=C(Cl)\C=C1\c2nc(C)[nH]c2CCN(C(=O)c2ccc(C#N)c(C)c2)C1C. The largest absolute Gasteiger partial charge is 0.346 e. The van der Waals surface area contributed by atoms with E-state index in [0.717, 1.165) is 28.3 Å². The highest BCUT2D eigenvalue weighted by Crippen LogP contribution is 2.31. The van der Waals surface area contributed by atoms with Crippen molar-refractivity contribution in [3.05, 3.63) is 69.3 Å². The molecular formula is C22H23ClN4O. The number of carbonyl (C=O) groups excluding carboxylic acids is 1. The maximum absolute atomic E-state index is 13.3. The molecule has 2 aromatic rings. The van der Waals surface area contributed by atoms with E-state index in [1.807, 2.05) is 44.7 Å². The highest BCUT2D eigenvalue weighted by atomic mass is 35.5. The topological polar surface area (TPSA) is 72.8 Å². The molecular weight excluding hydrogens is 372 g/mol. The molecule has 1 aliphatic heterocycles. The zero-order valence-electron chi connectivity index (χ0n) is 16.5. The first-order valence-corrected chi connectivity index (χ1v) is 9.64. The smallest absolute Gasteiger partial charge is 0.254 e. The molecule has 1 unspecified atom stereocenters. The Morgan fingerprint density at radius 3 is 2.82 bits per heavy atom. The van der Waals surface area contributed by atoms with Crippen LogP contribution in [0.2, 0.25) is 0 Å². The van der Waals surface area contributed by atoms with Gasteiger partial charge in [-0.2, -0.15) is 5.26 Å². The van der Waals surface area contributed by atoms with E-state index in [-0.39, 0.29) is 11.9 Å². The van der Waals surface area contributed by atoms with Crippen LogP contribution in [-0.2, 0) is 6.42 Å². The maximum Gasteiger partial charge on any atom is 0.254 e. The molecule has 0 spiro atoms. The van der Waals surface area contributed by atoms with E-state index in [4.69, 9.17) is 16.9 Å². The fraction of sp³-hybridized carbons (Fsp3) is 0.318. The molecule has 1 N–H and O–H groups in total. The Balaban J connectivity index is 2.03. The molecule has 6 heteroatoms. The number of H-pyrrole nitrogens is 1. The molecule has 0 bridgehead atoms. The Bertz CT molecular complexity index is 1030. The van der Waals surface area contributed by atoms with Gasteiger partial charge in [0.2, 0.25) is 0 Å². The molecule has 144 valence electrons. The lowest BCUT2D eigenvalue weighted by atomic mass is 10.0. The number of amides is 1. The summed E-state index contributed by atoms with van der Waals surface area (Å²) in [6.07, 6.45) is 4.40. The molecule has 0 fully saturated rings. The lowest BCUT2D eigenvalue weighted by Gasteiger charge is -2.29. The van der Waals surface area contributed by atoms with Gasteiger partial charge in [0.25, 0.3) is 5.91 Å². The molecule has 1 amide bonds. The quantitative estimate of drug-likeness (QED) is 0.814. The van der Waals surface area contributed by atoms with Crippen molar-refractivity contribution in [2.24, 2.45) is 0 Å². The summed E-state index contributed by atoms with van der Waals surface area (Å²) in [4.78, 5) is 23.1. The van der Waals surface area contributed by atoms with Gasteiger partial charge in [-0.05, 0) is 57.5 Å². The van der Waals surface area contributed by atoms with E-state index in [2.05, 4.69) is 16.0 Å². The number of aromatic amines is 1. The van der Waals surface area contributed by atoms with Crippen molar-refractivity contribution in [1.82, 2.24) is 14.9 Å². The highest BCUT2D eigenvalue weighted by Gasteiger charge is 2.31. The molecule has 1 aromatic heterocycles. The van der Waals surface area contributed by atoms with E-state index < -0.39 is 0 Å².